The number of para-hydroxylation sites is 1. The summed E-state index contributed by atoms with van der Waals surface area (Å²) in [5.74, 6) is 1.60. The fourth-order valence-corrected chi connectivity index (χ4v) is 2.22. The van der Waals surface area contributed by atoms with Gasteiger partial charge in [0.1, 0.15) is 11.9 Å². The molecule has 0 amide bonds. The zero-order valence-corrected chi connectivity index (χ0v) is 10.3. The number of rotatable bonds is 2. The number of nitrogens with two attached hydrogens (primary N) is 1. The van der Waals surface area contributed by atoms with Crippen molar-refractivity contribution >= 4 is 0 Å². The molecule has 1 aromatic carbocycles. The van der Waals surface area contributed by atoms with Crippen molar-refractivity contribution < 1.29 is 4.74 Å². The summed E-state index contributed by atoms with van der Waals surface area (Å²) in [5, 5.41) is 0. The summed E-state index contributed by atoms with van der Waals surface area (Å²) in [6, 6.07) is 7.97. The van der Waals surface area contributed by atoms with Crippen LogP contribution >= 0.6 is 0 Å². The molecule has 3 rings (SSSR count). The van der Waals surface area contributed by atoms with Crippen molar-refractivity contribution in [1.82, 2.24) is 9.97 Å². The van der Waals surface area contributed by atoms with E-state index in [0.717, 1.165) is 23.4 Å². The number of fused-ring (bicyclic) bond motifs is 1. The van der Waals surface area contributed by atoms with Crippen molar-refractivity contribution in [1.29, 1.82) is 0 Å². The molecule has 1 aliphatic heterocycles. The van der Waals surface area contributed by atoms with E-state index >= 15 is 0 Å². The predicted molar refractivity (Wildman–Crippen MR) is 69.4 cm³/mol. The van der Waals surface area contributed by atoms with Crippen molar-refractivity contribution in [3.8, 4) is 17.1 Å². The lowest BCUT2D eigenvalue weighted by atomic mass is 10.1. The smallest absolute Gasteiger partial charge is 0.163 e. The number of aryl methyl sites for hydroxylation is 1. The van der Waals surface area contributed by atoms with Gasteiger partial charge >= 0.3 is 0 Å². The van der Waals surface area contributed by atoms with Crippen LogP contribution in [0.1, 0.15) is 11.3 Å². The van der Waals surface area contributed by atoms with E-state index in [1.54, 1.807) is 6.20 Å². The molecule has 2 aromatic rings. The molecule has 0 radical (unpaired) electrons. The van der Waals surface area contributed by atoms with Gasteiger partial charge in [-0.2, -0.15) is 0 Å². The minimum Gasteiger partial charge on any atom is -0.488 e. The Bertz CT molecular complexity index is 583. The lowest BCUT2D eigenvalue weighted by Gasteiger charge is -2.09. The van der Waals surface area contributed by atoms with E-state index < -0.39 is 0 Å². The van der Waals surface area contributed by atoms with Crippen molar-refractivity contribution in [2.75, 3.05) is 6.54 Å². The number of hydrogen-bond donors (Lipinski definition) is 1. The van der Waals surface area contributed by atoms with Crippen LogP contribution in [-0.2, 0) is 6.42 Å². The normalized spacial score (nSPS) is 17.3. The maximum Gasteiger partial charge on any atom is 0.163 e. The fraction of sp³-hybridized carbons (Fsp3) is 0.286. The molecule has 4 nitrogen and oxygen atoms in total. The highest BCUT2D eigenvalue weighted by Gasteiger charge is 2.25. The first-order chi connectivity index (χ1) is 8.78. The van der Waals surface area contributed by atoms with Gasteiger partial charge in [0, 0.05) is 24.9 Å². The average molecular weight is 241 g/mol. The Kier molecular flexibility index (Phi) is 2.72. The Labute approximate surface area is 106 Å². The number of ether oxygens (including phenoxy) is 1. The summed E-state index contributed by atoms with van der Waals surface area (Å²) in [4.78, 5) is 8.77. The van der Waals surface area contributed by atoms with Gasteiger partial charge in [0.05, 0.1) is 5.56 Å². The van der Waals surface area contributed by atoms with Gasteiger partial charge in [0.15, 0.2) is 5.82 Å². The summed E-state index contributed by atoms with van der Waals surface area (Å²) < 4.78 is 5.88. The molecule has 1 aliphatic rings. The van der Waals surface area contributed by atoms with Crippen molar-refractivity contribution in [3.05, 3.63) is 41.7 Å². The first-order valence-corrected chi connectivity index (χ1v) is 6.06. The minimum absolute atomic E-state index is 0.0750. The topological polar surface area (TPSA) is 61.0 Å². The van der Waals surface area contributed by atoms with Gasteiger partial charge in [-0.15, -0.1) is 0 Å². The molecule has 0 aliphatic carbocycles. The zero-order chi connectivity index (χ0) is 12.5. The lowest BCUT2D eigenvalue weighted by molar-refractivity contribution is 0.242. The largest absolute Gasteiger partial charge is 0.488 e. The van der Waals surface area contributed by atoms with Gasteiger partial charge in [-0.1, -0.05) is 12.1 Å². The van der Waals surface area contributed by atoms with E-state index in [2.05, 4.69) is 16.0 Å². The van der Waals surface area contributed by atoms with Gasteiger partial charge in [0.25, 0.3) is 0 Å². The molecule has 1 atom stereocenters. The second kappa shape index (κ2) is 4.38. The third-order valence-electron chi connectivity index (χ3n) is 3.13. The maximum atomic E-state index is 5.88. The monoisotopic (exact) mass is 241 g/mol. The molecule has 0 bridgehead atoms. The molecule has 0 spiro atoms. The van der Waals surface area contributed by atoms with Crippen LogP contribution in [0.25, 0.3) is 11.4 Å². The molecular formula is C14H15N3O. The van der Waals surface area contributed by atoms with E-state index in [1.807, 2.05) is 25.1 Å². The second-order valence-corrected chi connectivity index (χ2v) is 4.50. The quantitative estimate of drug-likeness (QED) is 0.869. The second-order valence-electron chi connectivity index (χ2n) is 4.50. The van der Waals surface area contributed by atoms with E-state index in [4.69, 9.17) is 10.5 Å². The molecule has 92 valence electrons. The molecule has 1 aromatic heterocycles. The van der Waals surface area contributed by atoms with Crippen LogP contribution in [-0.4, -0.2) is 22.6 Å². The van der Waals surface area contributed by atoms with Crippen LogP contribution in [0.2, 0.25) is 0 Å². The van der Waals surface area contributed by atoms with Crippen molar-refractivity contribution in [2.24, 2.45) is 5.73 Å². The summed E-state index contributed by atoms with van der Waals surface area (Å²) in [6.07, 6.45) is 2.71. The summed E-state index contributed by atoms with van der Waals surface area (Å²) in [6.45, 7) is 2.49. The minimum atomic E-state index is 0.0750. The molecule has 0 saturated heterocycles. The molecule has 0 saturated carbocycles. The molecule has 18 heavy (non-hydrogen) atoms. The zero-order valence-electron chi connectivity index (χ0n) is 10.3. The van der Waals surface area contributed by atoms with Crippen molar-refractivity contribution in [2.45, 2.75) is 19.4 Å². The number of hydrogen-bond acceptors (Lipinski definition) is 4. The van der Waals surface area contributed by atoms with Crippen LogP contribution < -0.4 is 10.5 Å². The first-order valence-electron chi connectivity index (χ1n) is 6.06. The number of nitrogens with zero attached hydrogens (tertiary/aromatic N) is 2. The standard InChI is InChI=1S/C14H15N3O/c1-9-5-6-16-14(17-9)12-4-2-3-10-7-11(8-15)18-13(10)12/h2-6,11H,7-8,15H2,1H3/t11-/m0/s1. The Morgan fingerprint density at radius 1 is 1.39 bits per heavy atom. The highest BCUT2D eigenvalue weighted by atomic mass is 16.5. The van der Waals surface area contributed by atoms with Crippen LogP contribution in [0.5, 0.6) is 5.75 Å². The van der Waals surface area contributed by atoms with E-state index in [-0.39, 0.29) is 6.10 Å². The molecule has 0 unspecified atom stereocenters. The molecule has 0 fully saturated rings. The molecular weight excluding hydrogens is 226 g/mol. The van der Waals surface area contributed by atoms with Crippen LogP contribution in [0.15, 0.2) is 30.5 Å². The Hall–Kier alpha value is -1.94. The number of aromatic nitrogens is 2. The van der Waals surface area contributed by atoms with Gasteiger partial charge in [0.2, 0.25) is 0 Å². The SMILES string of the molecule is Cc1ccnc(-c2cccc3c2O[C@H](CN)C3)n1. The highest BCUT2D eigenvalue weighted by molar-refractivity contribution is 5.67. The molecule has 4 heteroatoms. The van der Waals surface area contributed by atoms with E-state index in [0.29, 0.717) is 12.4 Å². The first kappa shape index (κ1) is 11.2. The fourth-order valence-electron chi connectivity index (χ4n) is 2.22. The van der Waals surface area contributed by atoms with Crippen LogP contribution in [0, 0.1) is 6.92 Å². The lowest BCUT2D eigenvalue weighted by Crippen LogP contribution is -2.24. The molecule has 2 N–H and O–H groups in total. The third-order valence-corrected chi connectivity index (χ3v) is 3.13. The van der Waals surface area contributed by atoms with Gasteiger partial charge < -0.3 is 10.5 Å². The average Bonchev–Trinajstić information content (AvgIpc) is 2.81. The van der Waals surface area contributed by atoms with Gasteiger partial charge in [-0.25, -0.2) is 9.97 Å². The molecule has 2 heterocycles. The van der Waals surface area contributed by atoms with E-state index in [9.17, 15) is 0 Å². The predicted octanol–water partition coefficient (Wildman–Crippen LogP) is 1.71. The highest BCUT2D eigenvalue weighted by Crippen LogP contribution is 2.37. The van der Waals surface area contributed by atoms with Gasteiger partial charge in [-0.05, 0) is 24.6 Å². The van der Waals surface area contributed by atoms with Crippen LogP contribution in [0.3, 0.4) is 0 Å². The maximum absolute atomic E-state index is 5.88. The Balaban J connectivity index is 2.08. The summed E-state index contributed by atoms with van der Waals surface area (Å²) in [5.41, 5.74) is 8.76. The van der Waals surface area contributed by atoms with Gasteiger partial charge in [-0.3, -0.25) is 0 Å². The summed E-state index contributed by atoms with van der Waals surface area (Å²) >= 11 is 0. The van der Waals surface area contributed by atoms with Crippen LogP contribution in [0.4, 0.5) is 0 Å². The van der Waals surface area contributed by atoms with E-state index in [1.165, 1.54) is 5.56 Å². The Morgan fingerprint density at radius 2 is 2.28 bits per heavy atom. The Morgan fingerprint density at radius 3 is 3.06 bits per heavy atom. The summed E-state index contributed by atoms with van der Waals surface area (Å²) in [7, 11) is 0. The third kappa shape index (κ3) is 1.84. The number of benzene rings is 1. The van der Waals surface area contributed by atoms with Crippen molar-refractivity contribution in [3.63, 3.8) is 0 Å².